The molecule has 43 heavy (non-hydrogen) atoms. The topological polar surface area (TPSA) is 131 Å². The van der Waals surface area contributed by atoms with Gasteiger partial charge in [-0.25, -0.2) is 17.9 Å². The Morgan fingerprint density at radius 2 is 1.86 bits per heavy atom. The lowest BCUT2D eigenvalue weighted by Crippen LogP contribution is -2.67. The number of rotatable bonds is 7. The van der Waals surface area contributed by atoms with Crippen LogP contribution in [0.15, 0.2) is 58.4 Å². The Kier molecular flexibility index (Phi) is 8.09. The molecular weight excluding hydrogens is 607 g/mol. The Balaban J connectivity index is 1.61. The maximum atomic E-state index is 15.4. The first-order valence-electron chi connectivity index (χ1n) is 13.5. The summed E-state index contributed by atoms with van der Waals surface area (Å²) < 4.78 is 58.0. The number of aromatic nitrogens is 1. The first kappa shape index (κ1) is 29.8. The number of piperidine rings is 1. The van der Waals surface area contributed by atoms with Gasteiger partial charge in [0.05, 0.1) is 18.7 Å². The molecule has 3 atom stereocenters. The predicted octanol–water partition coefficient (Wildman–Crippen LogP) is 3.89. The summed E-state index contributed by atoms with van der Waals surface area (Å²) >= 11 is 1.37. The quantitative estimate of drug-likeness (QED) is 0.291. The molecule has 1 unspecified atom stereocenters. The van der Waals surface area contributed by atoms with Gasteiger partial charge in [0.1, 0.15) is 6.17 Å². The van der Waals surface area contributed by atoms with Crippen molar-refractivity contribution in [3.8, 4) is 5.75 Å². The zero-order valence-corrected chi connectivity index (χ0v) is 24.6. The summed E-state index contributed by atoms with van der Waals surface area (Å²) in [5.41, 5.74) is 0.569. The molecular formula is C28H28F2N3O8PS. The molecule has 1 amide bonds. The molecule has 0 spiro atoms. The summed E-state index contributed by atoms with van der Waals surface area (Å²) in [7, 11) is -3.43. The van der Waals surface area contributed by atoms with E-state index in [1.807, 2.05) is 29.3 Å². The summed E-state index contributed by atoms with van der Waals surface area (Å²) in [6.07, 6.45) is 2.72. The lowest BCUT2D eigenvalue weighted by atomic mass is 9.91. The fourth-order valence-corrected chi connectivity index (χ4v) is 7.48. The minimum absolute atomic E-state index is 0.172. The molecule has 1 saturated heterocycles. The van der Waals surface area contributed by atoms with E-state index in [1.165, 1.54) is 35.8 Å². The van der Waals surface area contributed by atoms with Crippen molar-refractivity contribution in [2.24, 2.45) is 0 Å². The molecule has 0 saturated carbocycles. The van der Waals surface area contributed by atoms with Gasteiger partial charge >= 0.3 is 7.82 Å². The average Bonchev–Trinajstić information content (AvgIpc) is 3.13. The molecule has 3 aliphatic heterocycles. The van der Waals surface area contributed by atoms with Crippen molar-refractivity contribution in [2.45, 2.75) is 48.2 Å². The number of ether oxygens (including phenoxy) is 2. The number of amides is 1. The van der Waals surface area contributed by atoms with Crippen molar-refractivity contribution < 1.29 is 41.9 Å². The number of phosphoric acid groups is 1. The summed E-state index contributed by atoms with van der Waals surface area (Å²) in [6, 6.07) is 10.2. The highest BCUT2D eigenvalue weighted by Crippen LogP contribution is 2.46. The second-order valence-electron chi connectivity index (χ2n) is 10.4. The van der Waals surface area contributed by atoms with Gasteiger partial charge in [0.2, 0.25) is 18.0 Å². The lowest BCUT2D eigenvalue weighted by molar-refractivity contribution is 0.00521. The second kappa shape index (κ2) is 11.7. The SMILES string of the molecule is COCC1CCC[C@@H]2N1C(=O)c1c(OCOP(=O)(O)O)c(=O)ccn1N2[C@@H]1c2ccccc2SCc2c1ccc(F)c2F. The van der Waals surface area contributed by atoms with E-state index in [1.54, 1.807) is 11.0 Å². The number of benzene rings is 2. The second-order valence-corrected chi connectivity index (χ2v) is 12.6. The minimum atomic E-state index is -4.95. The number of thioether (sulfide) groups is 1. The third kappa shape index (κ3) is 5.36. The standard InChI is InChI=1S/C28H28F2N3O8PS/c1-39-13-16-5-4-8-23-32(16)28(35)26-27(40-15-41-42(36,37)38)21(34)11-12-31(26)33(23)25-17-9-10-20(29)24(30)19(17)14-43-22-7-3-2-6-18(22)25/h2-3,6-7,9-12,16,23,25H,4-5,8,13-15H2,1H3,(H2,36,37,38)/t16?,23-,25+/m1/s1. The van der Waals surface area contributed by atoms with Gasteiger partial charge in [-0.3, -0.25) is 19.3 Å². The third-order valence-electron chi connectivity index (χ3n) is 7.90. The third-order valence-corrected chi connectivity index (χ3v) is 9.46. The number of carbonyl (C=O) groups excluding carboxylic acids is 1. The maximum Gasteiger partial charge on any atom is 0.472 e. The van der Waals surface area contributed by atoms with Gasteiger partial charge in [-0.15, -0.1) is 11.8 Å². The number of hydrogen-bond donors (Lipinski definition) is 2. The highest BCUT2D eigenvalue weighted by Gasteiger charge is 2.48. The van der Waals surface area contributed by atoms with Crippen LogP contribution in [0.4, 0.5) is 8.78 Å². The first-order valence-corrected chi connectivity index (χ1v) is 16.0. The van der Waals surface area contributed by atoms with Crippen LogP contribution in [0.1, 0.15) is 52.5 Å². The predicted molar refractivity (Wildman–Crippen MR) is 151 cm³/mol. The molecule has 4 heterocycles. The van der Waals surface area contributed by atoms with Crippen LogP contribution in [0.5, 0.6) is 5.75 Å². The van der Waals surface area contributed by atoms with Crippen molar-refractivity contribution >= 4 is 25.5 Å². The number of hydrogen-bond acceptors (Lipinski definition) is 8. The van der Waals surface area contributed by atoms with Crippen LogP contribution in [-0.4, -0.2) is 58.0 Å². The van der Waals surface area contributed by atoms with E-state index < -0.39 is 55.5 Å². The summed E-state index contributed by atoms with van der Waals surface area (Å²) in [5.74, 6) is -2.76. The molecule has 2 aromatic carbocycles. The first-order chi connectivity index (χ1) is 20.6. The van der Waals surface area contributed by atoms with Crippen LogP contribution in [0, 0.1) is 11.6 Å². The maximum absolute atomic E-state index is 15.4. The van der Waals surface area contributed by atoms with Gasteiger partial charge in [0.15, 0.2) is 17.3 Å². The number of methoxy groups -OCH3 is 1. The normalized spacial score (nSPS) is 21.4. The van der Waals surface area contributed by atoms with Crippen molar-refractivity contribution in [2.75, 3.05) is 25.5 Å². The van der Waals surface area contributed by atoms with E-state index in [9.17, 15) is 18.5 Å². The molecule has 0 bridgehead atoms. The van der Waals surface area contributed by atoms with Crippen LogP contribution in [0.2, 0.25) is 0 Å². The molecule has 6 rings (SSSR count). The number of phosphoric ester groups is 1. The fraction of sp³-hybridized carbons (Fsp3) is 0.357. The van der Waals surface area contributed by atoms with Crippen molar-refractivity contribution in [3.05, 3.63) is 92.9 Å². The Morgan fingerprint density at radius 1 is 1.07 bits per heavy atom. The molecule has 0 radical (unpaired) electrons. The molecule has 0 aliphatic carbocycles. The molecule has 1 fully saturated rings. The minimum Gasteiger partial charge on any atom is -0.460 e. The number of fused-ring (bicyclic) bond motifs is 4. The molecule has 2 N–H and O–H groups in total. The molecule has 228 valence electrons. The van der Waals surface area contributed by atoms with Gasteiger partial charge in [-0.1, -0.05) is 24.3 Å². The molecule has 3 aromatic rings. The van der Waals surface area contributed by atoms with E-state index in [0.29, 0.717) is 18.4 Å². The van der Waals surface area contributed by atoms with E-state index in [0.717, 1.165) is 22.9 Å². The van der Waals surface area contributed by atoms with E-state index in [2.05, 4.69) is 4.52 Å². The van der Waals surface area contributed by atoms with Crippen molar-refractivity contribution in [1.29, 1.82) is 0 Å². The Morgan fingerprint density at radius 3 is 2.63 bits per heavy atom. The largest absolute Gasteiger partial charge is 0.472 e. The molecule has 3 aliphatic rings. The van der Waals surface area contributed by atoms with Crippen LogP contribution >= 0.6 is 19.6 Å². The van der Waals surface area contributed by atoms with Gasteiger partial charge in [-0.2, -0.15) is 0 Å². The smallest absolute Gasteiger partial charge is 0.460 e. The number of carbonyl (C=O) groups is 1. The Hall–Kier alpha value is -3.26. The number of pyridine rings is 1. The lowest BCUT2D eigenvalue weighted by Gasteiger charge is -2.54. The molecule has 15 heteroatoms. The average molecular weight is 636 g/mol. The van der Waals surface area contributed by atoms with Crippen molar-refractivity contribution in [3.63, 3.8) is 0 Å². The van der Waals surface area contributed by atoms with Crippen LogP contribution in [0.25, 0.3) is 0 Å². The summed E-state index contributed by atoms with van der Waals surface area (Å²) in [5, 5.41) is 1.87. The van der Waals surface area contributed by atoms with Crippen LogP contribution in [0.3, 0.4) is 0 Å². The van der Waals surface area contributed by atoms with E-state index >= 15 is 4.39 Å². The van der Waals surface area contributed by atoms with Gasteiger partial charge in [-0.05, 0) is 42.5 Å². The van der Waals surface area contributed by atoms with Gasteiger partial charge in [0.25, 0.3) is 5.91 Å². The van der Waals surface area contributed by atoms with Crippen LogP contribution in [-0.2, 0) is 19.6 Å². The van der Waals surface area contributed by atoms with Gasteiger partial charge in [0, 0.05) is 35.6 Å². The van der Waals surface area contributed by atoms with Gasteiger partial charge < -0.3 is 24.2 Å². The Labute approximate surface area is 249 Å². The van der Waals surface area contributed by atoms with E-state index in [-0.39, 0.29) is 29.7 Å². The Bertz CT molecular complexity index is 1680. The van der Waals surface area contributed by atoms with Crippen molar-refractivity contribution in [1.82, 2.24) is 9.58 Å². The number of halogens is 2. The monoisotopic (exact) mass is 635 g/mol. The highest BCUT2D eigenvalue weighted by molar-refractivity contribution is 7.98. The highest BCUT2D eigenvalue weighted by atomic mass is 32.2. The zero-order chi connectivity index (χ0) is 30.5. The molecule has 1 aromatic heterocycles. The number of nitrogens with zero attached hydrogens (tertiary/aromatic N) is 3. The molecule has 11 nitrogen and oxygen atoms in total. The fourth-order valence-electron chi connectivity index (χ4n) is 6.18. The summed E-state index contributed by atoms with van der Waals surface area (Å²) in [6.45, 7) is -0.789. The van der Waals surface area contributed by atoms with E-state index in [4.69, 9.17) is 19.3 Å². The summed E-state index contributed by atoms with van der Waals surface area (Å²) in [4.78, 5) is 48.1. The van der Waals surface area contributed by atoms with Crippen LogP contribution < -0.4 is 15.2 Å². The zero-order valence-electron chi connectivity index (χ0n) is 22.9.